The molecular weight excluding hydrogens is 359 g/mol. The van der Waals surface area contributed by atoms with Crippen LogP contribution in [0.1, 0.15) is 117 Å². The van der Waals surface area contributed by atoms with Crippen molar-refractivity contribution in [3.63, 3.8) is 0 Å². The van der Waals surface area contributed by atoms with Crippen LogP contribution in [0.5, 0.6) is 0 Å². The van der Waals surface area contributed by atoms with E-state index < -0.39 is 15.4 Å². The van der Waals surface area contributed by atoms with Crippen molar-refractivity contribution >= 4 is 10.1 Å². The van der Waals surface area contributed by atoms with Gasteiger partial charge in [-0.1, -0.05) is 90.9 Å². The molecule has 0 aromatic carbocycles. The maximum Gasteiger partial charge on any atom is 1.00 e. The predicted octanol–water partition coefficient (Wildman–Crippen LogP) is 2.55. The zero-order valence-electron chi connectivity index (χ0n) is 17.5. The van der Waals surface area contributed by atoms with Crippen molar-refractivity contribution in [3.8, 4) is 0 Å². The number of hydrogen-bond donors (Lipinski definition) is 1. The van der Waals surface area contributed by atoms with Crippen LogP contribution in [0.25, 0.3) is 0 Å². The van der Waals surface area contributed by atoms with Crippen LogP contribution in [-0.4, -0.2) is 29.4 Å². The van der Waals surface area contributed by atoms with E-state index in [0.717, 1.165) is 77.0 Å². The molecule has 0 amide bonds. The fourth-order valence-corrected chi connectivity index (χ4v) is 4.20. The first-order chi connectivity index (χ1) is 11.9. The summed E-state index contributed by atoms with van der Waals surface area (Å²) in [6, 6.07) is 0. The third-order valence-electron chi connectivity index (χ3n) is 4.99. The smallest absolute Gasteiger partial charge is 0.748 e. The number of hydrogen-bond acceptors (Lipinski definition) is 4. The van der Waals surface area contributed by atoms with Gasteiger partial charge in [-0.3, -0.25) is 0 Å². The van der Waals surface area contributed by atoms with Crippen molar-refractivity contribution in [2.24, 2.45) is 0 Å². The molecule has 2 unspecified atom stereocenters. The van der Waals surface area contributed by atoms with E-state index in [1.165, 1.54) is 12.8 Å². The zero-order chi connectivity index (χ0) is 19.0. The molecule has 26 heavy (non-hydrogen) atoms. The molecular formula is C20H41NaO4S. The molecule has 0 aromatic heterocycles. The van der Waals surface area contributed by atoms with Crippen molar-refractivity contribution in [3.05, 3.63) is 0 Å². The van der Waals surface area contributed by atoms with Gasteiger partial charge in [-0.05, 0) is 25.7 Å². The first-order valence-corrected chi connectivity index (χ1v) is 12.0. The maximum atomic E-state index is 11.3. The molecule has 0 radical (unpaired) electrons. The molecule has 152 valence electrons. The first kappa shape index (κ1) is 29.1. The van der Waals surface area contributed by atoms with Gasteiger partial charge in [-0.15, -0.1) is 0 Å². The molecule has 2 atom stereocenters. The Bertz CT molecular complexity index is 387. The Morgan fingerprint density at radius 3 is 1.46 bits per heavy atom. The van der Waals surface area contributed by atoms with E-state index in [9.17, 15) is 18.1 Å². The molecule has 4 nitrogen and oxygen atoms in total. The normalized spacial score (nSPS) is 14.0. The van der Waals surface area contributed by atoms with Gasteiger partial charge in [0.1, 0.15) is 0 Å². The molecule has 0 aliphatic heterocycles. The molecule has 0 aliphatic rings. The molecule has 1 N–H and O–H groups in total. The predicted molar refractivity (Wildman–Crippen MR) is 105 cm³/mol. The molecule has 0 aromatic rings. The monoisotopic (exact) mass is 400 g/mol. The number of rotatable bonds is 18. The summed E-state index contributed by atoms with van der Waals surface area (Å²) in [4.78, 5) is 0. The Morgan fingerprint density at radius 1 is 0.692 bits per heavy atom. The second kappa shape index (κ2) is 19.2. The van der Waals surface area contributed by atoms with Crippen molar-refractivity contribution in [1.82, 2.24) is 0 Å². The van der Waals surface area contributed by atoms with E-state index in [-0.39, 0.29) is 35.7 Å². The second-order valence-corrected chi connectivity index (χ2v) is 9.11. The SMILES string of the molecule is CCCCCC(O)CCCCCCCCC(CCCCC)S(=O)(=O)[O-].[Na+]. The van der Waals surface area contributed by atoms with Crippen LogP contribution in [0, 0.1) is 0 Å². The van der Waals surface area contributed by atoms with Crippen LogP contribution < -0.4 is 29.6 Å². The Kier molecular flexibility index (Phi) is 21.5. The Morgan fingerprint density at radius 2 is 1.04 bits per heavy atom. The summed E-state index contributed by atoms with van der Waals surface area (Å²) < 4.78 is 33.9. The largest absolute Gasteiger partial charge is 1.00 e. The second-order valence-electron chi connectivity index (χ2n) is 7.46. The molecule has 0 fully saturated rings. The third-order valence-corrected chi connectivity index (χ3v) is 6.28. The third kappa shape index (κ3) is 18.2. The summed E-state index contributed by atoms with van der Waals surface area (Å²) in [5, 5.41) is 9.17. The van der Waals surface area contributed by atoms with Gasteiger partial charge in [0.15, 0.2) is 0 Å². The number of aliphatic hydroxyl groups is 1. The van der Waals surface area contributed by atoms with Gasteiger partial charge in [-0.25, -0.2) is 8.42 Å². The average Bonchev–Trinajstić information content (AvgIpc) is 2.54. The molecule has 0 saturated heterocycles. The molecule has 0 aliphatic carbocycles. The Hall–Kier alpha value is 0.870. The van der Waals surface area contributed by atoms with E-state index in [2.05, 4.69) is 13.8 Å². The van der Waals surface area contributed by atoms with Crippen LogP contribution in [0.2, 0.25) is 0 Å². The van der Waals surface area contributed by atoms with Gasteiger partial charge in [0.25, 0.3) is 0 Å². The van der Waals surface area contributed by atoms with Crippen LogP contribution in [-0.2, 0) is 10.1 Å². The standard InChI is InChI=1S/C20H42O4S.Na/c1-3-5-11-15-19(21)16-13-9-7-8-10-14-18-20(25(22,23)24)17-12-6-4-2;/h19-21H,3-18H2,1-2H3,(H,22,23,24);/q;+1/p-1. The maximum absolute atomic E-state index is 11.3. The van der Waals surface area contributed by atoms with Crippen molar-refractivity contribution < 1.29 is 47.6 Å². The minimum Gasteiger partial charge on any atom is -0.748 e. The van der Waals surface area contributed by atoms with Crippen molar-refractivity contribution in [2.45, 2.75) is 128 Å². The number of unbranched alkanes of at least 4 members (excludes halogenated alkanes) is 9. The van der Waals surface area contributed by atoms with Gasteiger partial charge < -0.3 is 9.66 Å². The zero-order valence-corrected chi connectivity index (χ0v) is 20.4. The summed E-state index contributed by atoms with van der Waals surface area (Å²) in [5.41, 5.74) is 0. The topological polar surface area (TPSA) is 77.4 Å². The molecule has 0 heterocycles. The van der Waals surface area contributed by atoms with E-state index in [4.69, 9.17) is 0 Å². The van der Waals surface area contributed by atoms with Crippen LogP contribution in [0.15, 0.2) is 0 Å². The fraction of sp³-hybridized carbons (Fsp3) is 1.00. The fourth-order valence-electron chi connectivity index (χ4n) is 3.29. The summed E-state index contributed by atoms with van der Waals surface area (Å²) in [6.45, 7) is 4.25. The van der Waals surface area contributed by atoms with Crippen LogP contribution in [0.4, 0.5) is 0 Å². The molecule has 6 heteroatoms. The van der Waals surface area contributed by atoms with Crippen LogP contribution >= 0.6 is 0 Å². The Labute approximate surface area is 185 Å². The van der Waals surface area contributed by atoms with E-state index in [1.54, 1.807) is 0 Å². The van der Waals surface area contributed by atoms with E-state index in [1.807, 2.05) is 0 Å². The molecule has 0 bridgehead atoms. The molecule has 0 spiro atoms. The summed E-state index contributed by atoms with van der Waals surface area (Å²) in [7, 11) is -4.14. The molecule has 0 rings (SSSR count). The van der Waals surface area contributed by atoms with E-state index >= 15 is 0 Å². The minimum atomic E-state index is -4.14. The number of aliphatic hydroxyl groups excluding tert-OH is 1. The van der Waals surface area contributed by atoms with Gasteiger partial charge >= 0.3 is 29.6 Å². The summed E-state index contributed by atoms with van der Waals surface area (Å²) in [5.74, 6) is 0. The quantitative estimate of drug-likeness (QED) is 0.218. The van der Waals surface area contributed by atoms with Gasteiger partial charge in [-0.2, -0.15) is 0 Å². The average molecular weight is 401 g/mol. The van der Waals surface area contributed by atoms with Crippen LogP contribution in [0.3, 0.4) is 0 Å². The van der Waals surface area contributed by atoms with Gasteiger partial charge in [0, 0.05) is 5.25 Å². The van der Waals surface area contributed by atoms with Gasteiger partial charge in [0.2, 0.25) is 0 Å². The Balaban J connectivity index is 0. The summed E-state index contributed by atoms with van der Waals surface area (Å²) >= 11 is 0. The molecule has 0 saturated carbocycles. The van der Waals surface area contributed by atoms with Gasteiger partial charge in [0.05, 0.1) is 16.2 Å². The minimum absolute atomic E-state index is 0. The first-order valence-electron chi connectivity index (χ1n) is 10.5. The van der Waals surface area contributed by atoms with Crippen molar-refractivity contribution in [2.75, 3.05) is 0 Å². The summed E-state index contributed by atoms with van der Waals surface area (Å²) in [6.07, 6.45) is 15.4. The van der Waals surface area contributed by atoms with E-state index in [0.29, 0.717) is 12.8 Å². The van der Waals surface area contributed by atoms with Crippen molar-refractivity contribution in [1.29, 1.82) is 0 Å².